The van der Waals surface area contributed by atoms with Crippen molar-refractivity contribution in [2.75, 3.05) is 5.32 Å². The number of halogens is 3. The van der Waals surface area contributed by atoms with Crippen molar-refractivity contribution in [2.24, 2.45) is 5.10 Å². The molecule has 2 aromatic carbocycles. The summed E-state index contributed by atoms with van der Waals surface area (Å²) in [5.74, 6) is -0.684. The topological polar surface area (TPSA) is 70.6 Å². The van der Waals surface area contributed by atoms with Crippen molar-refractivity contribution in [2.45, 2.75) is 32.4 Å². The van der Waals surface area contributed by atoms with Gasteiger partial charge in [-0.25, -0.2) is 5.43 Å². The van der Waals surface area contributed by atoms with Crippen molar-refractivity contribution in [1.82, 2.24) is 5.43 Å². The van der Waals surface area contributed by atoms with Gasteiger partial charge in [-0.15, -0.1) is 0 Å². The van der Waals surface area contributed by atoms with Gasteiger partial charge in [-0.2, -0.15) is 18.3 Å². The average molecular weight is 391 g/mol. The molecule has 0 aliphatic carbocycles. The molecular formula is C20H20F3N3O2. The van der Waals surface area contributed by atoms with Crippen molar-refractivity contribution in [3.8, 4) is 0 Å². The highest BCUT2D eigenvalue weighted by Crippen LogP contribution is 2.31. The van der Waals surface area contributed by atoms with Crippen LogP contribution in [0.4, 0.5) is 18.9 Å². The van der Waals surface area contributed by atoms with E-state index in [1.54, 1.807) is 12.1 Å². The maximum absolute atomic E-state index is 12.9. The Balaban J connectivity index is 1.97. The number of nitrogens with one attached hydrogen (secondary N) is 2. The van der Waals surface area contributed by atoms with Crippen LogP contribution in [0.25, 0.3) is 0 Å². The van der Waals surface area contributed by atoms with Crippen molar-refractivity contribution in [1.29, 1.82) is 0 Å². The number of hydrogen-bond acceptors (Lipinski definition) is 3. The highest BCUT2D eigenvalue weighted by Gasteiger charge is 2.32. The van der Waals surface area contributed by atoms with Gasteiger partial charge >= 0.3 is 6.18 Å². The highest BCUT2D eigenvalue weighted by atomic mass is 19.4. The Bertz CT molecular complexity index is 847. The third kappa shape index (κ3) is 6.22. The lowest BCUT2D eigenvalue weighted by Crippen LogP contribution is -2.18. The zero-order valence-electron chi connectivity index (χ0n) is 15.2. The predicted molar refractivity (Wildman–Crippen MR) is 101 cm³/mol. The van der Waals surface area contributed by atoms with Crippen molar-refractivity contribution >= 4 is 23.7 Å². The molecule has 0 unspecified atom stereocenters. The highest BCUT2D eigenvalue weighted by molar-refractivity contribution is 5.96. The largest absolute Gasteiger partial charge is 0.417 e. The summed E-state index contributed by atoms with van der Waals surface area (Å²) in [5.41, 5.74) is 2.01. The molecule has 0 aromatic heterocycles. The van der Waals surface area contributed by atoms with E-state index in [9.17, 15) is 22.8 Å². The molecule has 0 aliphatic rings. The van der Waals surface area contributed by atoms with E-state index in [1.165, 1.54) is 30.3 Å². The molecule has 2 aromatic rings. The second-order valence-corrected chi connectivity index (χ2v) is 6.01. The number of benzene rings is 2. The number of carbonyl (C=O) groups excluding carboxylic acids is 2. The Morgan fingerprint density at radius 3 is 2.39 bits per heavy atom. The molecule has 28 heavy (non-hydrogen) atoms. The van der Waals surface area contributed by atoms with E-state index in [0.29, 0.717) is 12.1 Å². The van der Waals surface area contributed by atoms with E-state index in [4.69, 9.17) is 0 Å². The first kappa shape index (κ1) is 21.1. The number of hydrazone groups is 1. The molecule has 0 atom stereocenters. The van der Waals surface area contributed by atoms with Crippen LogP contribution >= 0.6 is 0 Å². The fourth-order valence-electron chi connectivity index (χ4n) is 2.36. The Labute approximate surface area is 160 Å². The molecule has 0 aliphatic heterocycles. The Morgan fingerprint density at radius 2 is 1.75 bits per heavy atom. The van der Waals surface area contributed by atoms with Crippen LogP contribution in [0.2, 0.25) is 0 Å². The summed E-state index contributed by atoms with van der Waals surface area (Å²) in [6.07, 6.45) is -1.43. The summed E-state index contributed by atoms with van der Waals surface area (Å²) in [4.78, 5) is 23.7. The summed E-state index contributed by atoms with van der Waals surface area (Å²) in [5, 5.41) is 6.32. The minimum absolute atomic E-state index is 0.105. The van der Waals surface area contributed by atoms with Gasteiger partial charge in [-0.05, 0) is 36.8 Å². The van der Waals surface area contributed by atoms with Crippen LogP contribution in [0.1, 0.15) is 47.7 Å². The van der Waals surface area contributed by atoms with Gasteiger partial charge in [0.15, 0.2) is 0 Å². The molecule has 0 bridgehead atoms. The summed E-state index contributed by atoms with van der Waals surface area (Å²) < 4.78 is 38.8. The van der Waals surface area contributed by atoms with Crippen molar-refractivity contribution < 1.29 is 22.8 Å². The third-order valence-electron chi connectivity index (χ3n) is 3.82. The lowest BCUT2D eigenvalue weighted by Gasteiger charge is -2.09. The van der Waals surface area contributed by atoms with Crippen LogP contribution in [0.3, 0.4) is 0 Å². The summed E-state index contributed by atoms with van der Waals surface area (Å²) >= 11 is 0. The molecule has 5 nitrogen and oxygen atoms in total. The second-order valence-electron chi connectivity index (χ2n) is 6.01. The standard InChI is InChI=1S/C20H20F3N3O2/c1-2-3-8-18(27)25-16-11-9-14(10-12-16)19(28)26-24-13-15-6-4-5-7-17(15)20(21,22)23/h4-7,9-13H,2-3,8H2,1H3,(H,25,27)(H,26,28)/b24-13+. The molecule has 0 fully saturated rings. The number of unbranched alkanes of at least 4 members (excludes halogenated alkanes) is 1. The number of alkyl halides is 3. The number of nitrogens with zero attached hydrogens (tertiary/aromatic N) is 1. The number of amides is 2. The molecular weight excluding hydrogens is 371 g/mol. The molecule has 8 heteroatoms. The lowest BCUT2D eigenvalue weighted by atomic mass is 10.1. The molecule has 148 valence electrons. The molecule has 0 heterocycles. The van der Waals surface area contributed by atoms with Gasteiger partial charge in [0, 0.05) is 23.2 Å². The first-order chi connectivity index (χ1) is 13.3. The van der Waals surface area contributed by atoms with Crippen molar-refractivity contribution in [3.63, 3.8) is 0 Å². The average Bonchev–Trinajstić information content (AvgIpc) is 2.66. The molecule has 0 saturated carbocycles. The molecule has 2 N–H and O–H groups in total. The summed E-state index contributed by atoms with van der Waals surface area (Å²) in [6.45, 7) is 1.99. The maximum Gasteiger partial charge on any atom is 0.417 e. The van der Waals surface area contributed by atoms with E-state index in [0.717, 1.165) is 25.1 Å². The van der Waals surface area contributed by atoms with Crippen LogP contribution in [-0.2, 0) is 11.0 Å². The first-order valence-corrected chi connectivity index (χ1v) is 8.71. The molecule has 0 radical (unpaired) electrons. The molecule has 0 saturated heterocycles. The SMILES string of the molecule is CCCCC(=O)Nc1ccc(C(=O)N/N=C/c2ccccc2C(F)(F)F)cc1. The quantitative estimate of drug-likeness (QED) is 0.535. The van der Waals surface area contributed by atoms with Gasteiger partial charge in [0.1, 0.15) is 0 Å². The van der Waals surface area contributed by atoms with Crippen LogP contribution < -0.4 is 10.7 Å². The molecule has 2 amide bonds. The number of carbonyl (C=O) groups is 2. The van der Waals surface area contributed by atoms with Crippen LogP contribution in [0, 0.1) is 0 Å². The minimum Gasteiger partial charge on any atom is -0.326 e. The van der Waals surface area contributed by atoms with Gasteiger partial charge in [-0.1, -0.05) is 31.5 Å². The zero-order valence-corrected chi connectivity index (χ0v) is 15.2. The summed E-state index contributed by atoms with van der Waals surface area (Å²) in [6, 6.07) is 11.1. The predicted octanol–water partition coefficient (Wildman–Crippen LogP) is 4.60. The second kappa shape index (κ2) is 9.68. The minimum atomic E-state index is -4.51. The van der Waals surface area contributed by atoms with E-state index >= 15 is 0 Å². The molecule has 0 spiro atoms. The van der Waals surface area contributed by atoms with Gasteiger partial charge in [0.25, 0.3) is 5.91 Å². The lowest BCUT2D eigenvalue weighted by molar-refractivity contribution is -0.137. The Hall–Kier alpha value is -3.16. The van der Waals surface area contributed by atoms with Crippen molar-refractivity contribution in [3.05, 3.63) is 65.2 Å². The monoisotopic (exact) mass is 391 g/mol. The van der Waals surface area contributed by atoms with Gasteiger partial charge < -0.3 is 5.32 Å². The zero-order chi connectivity index (χ0) is 20.6. The first-order valence-electron chi connectivity index (χ1n) is 8.71. The smallest absolute Gasteiger partial charge is 0.326 e. The molecule has 2 rings (SSSR count). The normalized spacial score (nSPS) is 11.4. The van der Waals surface area contributed by atoms with Crippen LogP contribution in [0.15, 0.2) is 53.6 Å². The number of anilines is 1. The van der Waals surface area contributed by atoms with E-state index in [1.807, 2.05) is 6.92 Å². The summed E-state index contributed by atoms with van der Waals surface area (Å²) in [7, 11) is 0. The van der Waals surface area contributed by atoms with E-state index in [-0.39, 0.29) is 17.0 Å². The van der Waals surface area contributed by atoms with Crippen LogP contribution in [0.5, 0.6) is 0 Å². The maximum atomic E-state index is 12.9. The number of rotatable bonds is 7. The van der Waals surface area contributed by atoms with Gasteiger partial charge in [-0.3, -0.25) is 9.59 Å². The Kier molecular flexibility index (Phi) is 7.31. The Morgan fingerprint density at radius 1 is 1.07 bits per heavy atom. The van der Waals surface area contributed by atoms with Crippen LogP contribution in [-0.4, -0.2) is 18.0 Å². The van der Waals surface area contributed by atoms with E-state index < -0.39 is 17.6 Å². The number of hydrogen-bond donors (Lipinski definition) is 2. The fourth-order valence-corrected chi connectivity index (χ4v) is 2.36. The van der Waals surface area contributed by atoms with E-state index in [2.05, 4.69) is 15.8 Å². The fraction of sp³-hybridized carbons (Fsp3) is 0.250. The third-order valence-corrected chi connectivity index (χ3v) is 3.82. The van der Waals surface area contributed by atoms with Gasteiger partial charge in [0.2, 0.25) is 5.91 Å². The van der Waals surface area contributed by atoms with Gasteiger partial charge in [0.05, 0.1) is 11.8 Å².